The summed E-state index contributed by atoms with van der Waals surface area (Å²) in [5, 5.41) is 7.81. The molecule has 2 aliphatic rings. The molecule has 7 heteroatoms. The zero-order chi connectivity index (χ0) is 18.9. The van der Waals surface area contributed by atoms with Gasteiger partial charge in [-0.3, -0.25) is 4.90 Å². The van der Waals surface area contributed by atoms with Crippen molar-refractivity contribution in [1.82, 2.24) is 15.5 Å². The number of halogens is 1. The molecule has 2 N–H and O–H groups in total. The Morgan fingerprint density at radius 2 is 1.89 bits per heavy atom. The Morgan fingerprint density at radius 1 is 1.18 bits per heavy atom. The number of guanidine groups is 1. The van der Waals surface area contributed by atoms with Crippen molar-refractivity contribution in [3.63, 3.8) is 0 Å². The fourth-order valence-electron chi connectivity index (χ4n) is 3.74. The van der Waals surface area contributed by atoms with E-state index in [1.807, 2.05) is 11.8 Å². The van der Waals surface area contributed by atoms with Crippen molar-refractivity contribution in [2.75, 3.05) is 39.1 Å². The highest BCUT2D eigenvalue weighted by Crippen LogP contribution is 2.28. The quantitative estimate of drug-likeness (QED) is 0.329. The first kappa shape index (κ1) is 23.8. The van der Waals surface area contributed by atoms with Gasteiger partial charge in [0.1, 0.15) is 0 Å². The summed E-state index contributed by atoms with van der Waals surface area (Å²) in [6.07, 6.45) is 6.01. The number of benzene rings is 1. The number of morpholine rings is 1. The molecule has 2 atom stereocenters. The van der Waals surface area contributed by atoms with Crippen LogP contribution in [0.15, 0.2) is 29.3 Å². The van der Waals surface area contributed by atoms with E-state index >= 15 is 0 Å². The van der Waals surface area contributed by atoms with Gasteiger partial charge in [0, 0.05) is 37.5 Å². The van der Waals surface area contributed by atoms with Crippen molar-refractivity contribution in [1.29, 1.82) is 0 Å². The third-order valence-electron chi connectivity index (χ3n) is 5.36. The van der Waals surface area contributed by atoms with Crippen LogP contribution < -0.4 is 10.6 Å². The smallest absolute Gasteiger partial charge is 0.191 e. The van der Waals surface area contributed by atoms with E-state index < -0.39 is 0 Å². The first-order valence-corrected chi connectivity index (χ1v) is 11.5. The van der Waals surface area contributed by atoms with E-state index in [1.54, 1.807) is 0 Å². The minimum absolute atomic E-state index is 0. The van der Waals surface area contributed by atoms with E-state index in [-0.39, 0.29) is 24.0 Å². The largest absolute Gasteiger partial charge is 0.379 e. The molecule has 28 heavy (non-hydrogen) atoms. The van der Waals surface area contributed by atoms with Gasteiger partial charge in [0.05, 0.1) is 19.8 Å². The predicted molar refractivity (Wildman–Crippen MR) is 131 cm³/mol. The van der Waals surface area contributed by atoms with Crippen molar-refractivity contribution < 1.29 is 4.74 Å². The Hall–Kier alpha value is -0.510. The Labute approximate surface area is 191 Å². The number of hydrogen-bond acceptors (Lipinski definition) is 4. The Balaban J connectivity index is 0.00000280. The van der Waals surface area contributed by atoms with E-state index in [9.17, 15) is 0 Å². The van der Waals surface area contributed by atoms with Gasteiger partial charge in [-0.25, -0.2) is 4.99 Å². The van der Waals surface area contributed by atoms with Gasteiger partial charge in [-0.2, -0.15) is 11.8 Å². The SMILES string of the molecule is CCNC(=NCc1ccc(CN2CCOCC2)cc1)NC1CCC(SC)C1.I. The normalized spacial score (nSPS) is 23.3. The maximum atomic E-state index is 5.42. The van der Waals surface area contributed by atoms with Crippen LogP contribution in [-0.4, -0.2) is 61.3 Å². The van der Waals surface area contributed by atoms with Crippen LogP contribution in [0.5, 0.6) is 0 Å². The van der Waals surface area contributed by atoms with Crippen LogP contribution in [0.2, 0.25) is 0 Å². The minimum Gasteiger partial charge on any atom is -0.379 e. The van der Waals surface area contributed by atoms with Crippen LogP contribution in [0.3, 0.4) is 0 Å². The molecule has 1 heterocycles. The molecule has 0 aromatic heterocycles. The molecule has 1 aromatic rings. The lowest BCUT2D eigenvalue weighted by atomic mass is 10.1. The van der Waals surface area contributed by atoms with E-state index in [0.717, 1.165) is 50.6 Å². The molecule has 5 nitrogen and oxygen atoms in total. The third-order valence-corrected chi connectivity index (χ3v) is 6.45. The molecule has 158 valence electrons. The average molecular weight is 519 g/mol. The maximum absolute atomic E-state index is 5.42. The third kappa shape index (κ3) is 7.72. The highest BCUT2D eigenvalue weighted by Gasteiger charge is 2.24. The van der Waals surface area contributed by atoms with Crippen molar-refractivity contribution in [2.24, 2.45) is 4.99 Å². The second-order valence-corrected chi connectivity index (χ2v) is 8.55. The molecule has 1 aromatic carbocycles. The van der Waals surface area contributed by atoms with Gasteiger partial charge in [-0.05, 0) is 43.6 Å². The van der Waals surface area contributed by atoms with Gasteiger partial charge >= 0.3 is 0 Å². The van der Waals surface area contributed by atoms with Crippen molar-refractivity contribution in [2.45, 2.75) is 50.6 Å². The number of nitrogens with one attached hydrogen (secondary N) is 2. The average Bonchev–Trinajstić information content (AvgIpc) is 3.16. The Kier molecular flexibility index (Phi) is 11.0. The lowest BCUT2D eigenvalue weighted by Crippen LogP contribution is -2.42. The summed E-state index contributed by atoms with van der Waals surface area (Å²) in [4.78, 5) is 7.26. The van der Waals surface area contributed by atoms with Crippen LogP contribution in [0, 0.1) is 0 Å². The van der Waals surface area contributed by atoms with Gasteiger partial charge < -0.3 is 15.4 Å². The van der Waals surface area contributed by atoms with Gasteiger partial charge in [0.15, 0.2) is 5.96 Å². The standard InChI is InChI=1S/C21H34N4OS.HI/c1-3-22-21(24-19-8-9-20(14-19)27-2)23-15-17-4-6-18(7-5-17)16-25-10-12-26-13-11-25;/h4-7,19-20H,3,8-16H2,1-2H3,(H2,22,23,24);1H. The van der Waals surface area contributed by atoms with Gasteiger partial charge in [-0.1, -0.05) is 24.3 Å². The second-order valence-electron chi connectivity index (χ2n) is 7.41. The molecule has 1 saturated carbocycles. The maximum Gasteiger partial charge on any atom is 0.191 e. The summed E-state index contributed by atoms with van der Waals surface area (Å²) in [5.41, 5.74) is 2.62. The first-order chi connectivity index (χ1) is 13.3. The van der Waals surface area contributed by atoms with Gasteiger partial charge in [0.25, 0.3) is 0 Å². The van der Waals surface area contributed by atoms with Crippen molar-refractivity contribution in [3.05, 3.63) is 35.4 Å². The predicted octanol–water partition coefficient (Wildman–Crippen LogP) is 3.48. The van der Waals surface area contributed by atoms with Crippen LogP contribution in [0.4, 0.5) is 0 Å². The van der Waals surface area contributed by atoms with Gasteiger partial charge in [0.2, 0.25) is 0 Å². The number of rotatable bonds is 7. The summed E-state index contributed by atoms with van der Waals surface area (Å²) in [6, 6.07) is 9.45. The zero-order valence-electron chi connectivity index (χ0n) is 17.2. The van der Waals surface area contributed by atoms with E-state index in [2.05, 4.69) is 53.0 Å². The summed E-state index contributed by atoms with van der Waals surface area (Å²) in [6.45, 7) is 8.50. The fourth-order valence-corrected chi connectivity index (χ4v) is 4.53. The summed E-state index contributed by atoms with van der Waals surface area (Å²) < 4.78 is 5.42. The number of ether oxygens (including phenoxy) is 1. The van der Waals surface area contributed by atoms with Crippen LogP contribution >= 0.6 is 35.7 Å². The highest BCUT2D eigenvalue weighted by molar-refractivity contribution is 14.0. The van der Waals surface area contributed by atoms with Crippen LogP contribution in [0.25, 0.3) is 0 Å². The molecular formula is C21H35IN4OS. The monoisotopic (exact) mass is 518 g/mol. The molecule has 1 aliphatic carbocycles. The highest BCUT2D eigenvalue weighted by atomic mass is 127. The summed E-state index contributed by atoms with van der Waals surface area (Å²) in [5.74, 6) is 0.946. The van der Waals surface area contributed by atoms with Crippen molar-refractivity contribution in [3.8, 4) is 0 Å². The zero-order valence-corrected chi connectivity index (χ0v) is 20.3. The Morgan fingerprint density at radius 3 is 2.54 bits per heavy atom. The van der Waals surface area contributed by atoms with E-state index in [1.165, 1.54) is 30.4 Å². The summed E-state index contributed by atoms with van der Waals surface area (Å²) >= 11 is 1.99. The molecule has 0 bridgehead atoms. The minimum atomic E-state index is 0. The molecule has 3 rings (SSSR count). The lowest BCUT2D eigenvalue weighted by molar-refractivity contribution is 0.0342. The fraction of sp³-hybridized carbons (Fsp3) is 0.667. The molecule has 1 saturated heterocycles. The van der Waals surface area contributed by atoms with E-state index in [0.29, 0.717) is 12.6 Å². The molecule has 0 radical (unpaired) electrons. The molecule has 0 amide bonds. The number of thioether (sulfide) groups is 1. The molecular weight excluding hydrogens is 483 g/mol. The first-order valence-electron chi connectivity index (χ1n) is 10.2. The van der Waals surface area contributed by atoms with Gasteiger partial charge in [-0.15, -0.1) is 24.0 Å². The van der Waals surface area contributed by atoms with E-state index in [4.69, 9.17) is 9.73 Å². The molecule has 0 spiro atoms. The summed E-state index contributed by atoms with van der Waals surface area (Å²) in [7, 11) is 0. The van der Waals surface area contributed by atoms with Crippen LogP contribution in [0.1, 0.15) is 37.3 Å². The topological polar surface area (TPSA) is 48.9 Å². The molecule has 1 aliphatic heterocycles. The lowest BCUT2D eigenvalue weighted by Gasteiger charge is -2.26. The molecule has 2 unspecified atom stereocenters. The Bertz CT molecular complexity index is 593. The number of aliphatic imine (C=N–C) groups is 1. The second kappa shape index (κ2) is 12.9. The number of nitrogens with zero attached hydrogens (tertiary/aromatic N) is 2. The number of hydrogen-bond donors (Lipinski definition) is 2. The van der Waals surface area contributed by atoms with Crippen LogP contribution in [-0.2, 0) is 17.8 Å². The molecule has 2 fully saturated rings. The van der Waals surface area contributed by atoms with Crippen molar-refractivity contribution >= 4 is 41.7 Å².